The molecule has 1 N–H and O–H groups in total. The number of fused-ring (bicyclic) bond motifs is 1. The van der Waals surface area contributed by atoms with Gasteiger partial charge < -0.3 is 0 Å². The number of rotatable bonds is 5. The SMILES string of the molecule is CCSc1nnc(NC(=O)c2cc3cccnc3n(CC)c2=O)s1. The number of thioether (sulfide) groups is 1. The van der Waals surface area contributed by atoms with Crippen molar-refractivity contribution in [3.63, 3.8) is 0 Å². The van der Waals surface area contributed by atoms with Gasteiger partial charge in [0.25, 0.3) is 11.5 Å². The fourth-order valence-corrected chi connectivity index (χ4v) is 3.91. The molecule has 0 atom stereocenters. The quantitative estimate of drug-likeness (QED) is 0.555. The molecule has 1 amide bonds. The second-order valence-corrected chi connectivity index (χ2v) is 7.27. The molecule has 3 heterocycles. The van der Waals surface area contributed by atoms with Gasteiger partial charge in [0.05, 0.1) is 0 Å². The normalized spacial score (nSPS) is 10.9. The van der Waals surface area contributed by atoms with Crippen molar-refractivity contribution in [2.45, 2.75) is 24.7 Å². The van der Waals surface area contributed by atoms with E-state index in [2.05, 4.69) is 20.5 Å². The first-order chi connectivity index (χ1) is 11.6. The summed E-state index contributed by atoms with van der Waals surface area (Å²) in [5, 5.41) is 11.7. The number of carbonyl (C=O) groups is 1. The molecule has 0 bridgehead atoms. The van der Waals surface area contributed by atoms with E-state index in [-0.39, 0.29) is 11.1 Å². The average molecular weight is 361 g/mol. The van der Waals surface area contributed by atoms with Crippen LogP contribution in [0, 0.1) is 0 Å². The molecule has 0 aliphatic heterocycles. The molecule has 0 unspecified atom stereocenters. The Kier molecular flexibility index (Phi) is 4.91. The third kappa shape index (κ3) is 3.17. The van der Waals surface area contributed by atoms with Crippen LogP contribution in [0.5, 0.6) is 0 Å². The summed E-state index contributed by atoms with van der Waals surface area (Å²) in [5.74, 6) is 0.388. The zero-order valence-electron chi connectivity index (χ0n) is 13.1. The van der Waals surface area contributed by atoms with Crippen LogP contribution < -0.4 is 10.9 Å². The molecule has 0 fully saturated rings. The van der Waals surface area contributed by atoms with Crippen molar-refractivity contribution in [3.05, 3.63) is 40.3 Å². The molecule has 3 rings (SSSR count). The Balaban J connectivity index is 1.97. The van der Waals surface area contributed by atoms with Gasteiger partial charge in [0.2, 0.25) is 5.13 Å². The first-order valence-electron chi connectivity index (χ1n) is 7.40. The van der Waals surface area contributed by atoms with E-state index in [1.165, 1.54) is 15.9 Å². The molecule has 7 nitrogen and oxygen atoms in total. The van der Waals surface area contributed by atoms with Crippen molar-refractivity contribution >= 4 is 45.2 Å². The number of nitrogens with one attached hydrogen (secondary N) is 1. The number of amides is 1. The van der Waals surface area contributed by atoms with Gasteiger partial charge in [0, 0.05) is 18.1 Å². The first-order valence-corrected chi connectivity index (χ1v) is 9.20. The Hall–Kier alpha value is -2.26. The van der Waals surface area contributed by atoms with Crippen LogP contribution in [0.3, 0.4) is 0 Å². The van der Waals surface area contributed by atoms with Gasteiger partial charge >= 0.3 is 0 Å². The van der Waals surface area contributed by atoms with Crippen LogP contribution in [0.15, 0.2) is 33.5 Å². The summed E-state index contributed by atoms with van der Waals surface area (Å²) >= 11 is 2.84. The molecule has 0 aromatic carbocycles. The third-order valence-electron chi connectivity index (χ3n) is 3.30. The molecular weight excluding hydrogens is 346 g/mol. The zero-order chi connectivity index (χ0) is 17.1. The fourth-order valence-electron chi connectivity index (χ4n) is 2.27. The predicted molar refractivity (Wildman–Crippen MR) is 95.9 cm³/mol. The number of aryl methyl sites for hydroxylation is 1. The molecule has 0 saturated carbocycles. The molecule has 0 saturated heterocycles. The summed E-state index contributed by atoms with van der Waals surface area (Å²) in [5.41, 5.74) is 0.269. The highest BCUT2D eigenvalue weighted by molar-refractivity contribution is 8.01. The Bertz CT molecular complexity index is 950. The standard InChI is InChI=1S/C15H15N5O2S2/c1-3-20-11-9(6-5-7-16-11)8-10(13(20)22)12(21)17-14-18-19-15(24-14)23-4-2/h5-8H,3-4H2,1-2H3,(H,17,18,21). The van der Waals surface area contributed by atoms with Gasteiger partial charge in [0.1, 0.15) is 11.2 Å². The van der Waals surface area contributed by atoms with E-state index in [0.717, 1.165) is 15.5 Å². The Morgan fingerprint density at radius 3 is 2.96 bits per heavy atom. The van der Waals surface area contributed by atoms with Gasteiger partial charge in [-0.1, -0.05) is 30.0 Å². The maximum atomic E-state index is 12.6. The van der Waals surface area contributed by atoms with Gasteiger partial charge in [0.15, 0.2) is 4.34 Å². The summed E-state index contributed by atoms with van der Waals surface area (Å²) in [6.07, 6.45) is 1.63. The monoisotopic (exact) mass is 361 g/mol. The van der Waals surface area contributed by atoms with Gasteiger partial charge in [-0.3, -0.25) is 19.5 Å². The van der Waals surface area contributed by atoms with E-state index < -0.39 is 5.91 Å². The Morgan fingerprint density at radius 2 is 2.21 bits per heavy atom. The maximum absolute atomic E-state index is 12.6. The van der Waals surface area contributed by atoms with Crippen molar-refractivity contribution in [3.8, 4) is 0 Å². The van der Waals surface area contributed by atoms with Crippen LogP contribution in [0.4, 0.5) is 5.13 Å². The number of aromatic nitrogens is 4. The van der Waals surface area contributed by atoms with Crippen molar-refractivity contribution in [1.29, 1.82) is 0 Å². The molecule has 3 aromatic rings. The summed E-state index contributed by atoms with van der Waals surface area (Å²) in [6.45, 7) is 4.29. The fraction of sp³-hybridized carbons (Fsp3) is 0.267. The predicted octanol–water partition coefficient (Wildman–Crippen LogP) is 2.63. The average Bonchev–Trinajstić information content (AvgIpc) is 3.01. The van der Waals surface area contributed by atoms with E-state index in [1.807, 2.05) is 19.9 Å². The van der Waals surface area contributed by atoms with Gasteiger partial charge in [-0.2, -0.15) is 0 Å². The Morgan fingerprint density at radius 1 is 1.38 bits per heavy atom. The molecule has 9 heteroatoms. The molecule has 0 radical (unpaired) electrons. The highest BCUT2D eigenvalue weighted by atomic mass is 32.2. The van der Waals surface area contributed by atoms with Crippen LogP contribution in [-0.4, -0.2) is 31.4 Å². The smallest absolute Gasteiger partial charge is 0.265 e. The zero-order valence-corrected chi connectivity index (χ0v) is 14.8. The minimum absolute atomic E-state index is 0.0669. The van der Waals surface area contributed by atoms with Gasteiger partial charge in [-0.25, -0.2) is 4.98 Å². The van der Waals surface area contributed by atoms with E-state index in [1.54, 1.807) is 30.1 Å². The summed E-state index contributed by atoms with van der Waals surface area (Å²) in [7, 11) is 0. The van der Waals surface area contributed by atoms with E-state index in [4.69, 9.17) is 0 Å². The number of anilines is 1. The second-order valence-electron chi connectivity index (χ2n) is 4.78. The highest BCUT2D eigenvalue weighted by Crippen LogP contribution is 2.25. The topological polar surface area (TPSA) is 89.8 Å². The largest absolute Gasteiger partial charge is 0.296 e. The maximum Gasteiger partial charge on any atom is 0.265 e. The third-order valence-corrected chi connectivity index (χ3v) is 5.16. The van der Waals surface area contributed by atoms with Gasteiger partial charge in [-0.05, 0) is 30.9 Å². The molecule has 0 aliphatic rings. The second kappa shape index (κ2) is 7.10. The lowest BCUT2D eigenvalue weighted by molar-refractivity contribution is 0.102. The van der Waals surface area contributed by atoms with E-state index >= 15 is 0 Å². The number of nitrogens with zero attached hydrogens (tertiary/aromatic N) is 4. The van der Waals surface area contributed by atoms with Crippen LogP contribution in [-0.2, 0) is 6.54 Å². The lowest BCUT2D eigenvalue weighted by atomic mass is 10.2. The van der Waals surface area contributed by atoms with E-state index in [9.17, 15) is 9.59 Å². The molecule has 0 aliphatic carbocycles. The van der Waals surface area contributed by atoms with Crippen LogP contribution in [0.25, 0.3) is 11.0 Å². The highest BCUT2D eigenvalue weighted by Gasteiger charge is 2.17. The molecule has 3 aromatic heterocycles. The first kappa shape index (κ1) is 16.6. The minimum atomic E-state index is -0.489. The van der Waals surface area contributed by atoms with Crippen LogP contribution >= 0.6 is 23.1 Å². The number of pyridine rings is 2. The summed E-state index contributed by atoms with van der Waals surface area (Å²) in [4.78, 5) is 29.3. The number of hydrogen-bond acceptors (Lipinski definition) is 7. The Labute approximate surface area is 146 Å². The molecule has 124 valence electrons. The lowest BCUT2D eigenvalue weighted by Crippen LogP contribution is -2.29. The molecule has 0 spiro atoms. The van der Waals surface area contributed by atoms with E-state index in [0.29, 0.717) is 17.3 Å². The van der Waals surface area contributed by atoms with Crippen molar-refractivity contribution in [2.75, 3.05) is 11.1 Å². The van der Waals surface area contributed by atoms with Crippen molar-refractivity contribution < 1.29 is 4.79 Å². The lowest BCUT2D eigenvalue weighted by Gasteiger charge is -2.09. The number of hydrogen-bond donors (Lipinski definition) is 1. The molecule has 24 heavy (non-hydrogen) atoms. The van der Waals surface area contributed by atoms with Crippen LogP contribution in [0.2, 0.25) is 0 Å². The van der Waals surface area contributed by atoms with Crippen molar-refractivity contribution in [2.24, 2.45) is 0 Å². The minimum Gasteiger partial charge on any atom is -0.296 e. The van der Waals surface area contributed by atoms with Crippen molar-refractivity contribution in [1.82, 2.24) is 19.7 Å². The summed E-state index contributed by atoms with van der Waals surface area (Å²) < 4.78 is 2.27. The van der Waals surface area contributed by atoms with Gasteiger partial charge in [-0.15, -0.1) is 10.2 Å². The summed E-state index contributed by atoms with van der Waals surface area (Å²) in [6, 6.07) is 5.16. The van der Waals surface area contributed by atoms with Crippen LogP contribution in [0.1, 0.15) is 24.2 Å². The number of carbonyl (C=O) groups excluding carboxylic acids is 1. The molecular formula is C15H15N5O2S2.